The second kappa shape index (κ2) is 8.77. The van der Waals surface area contributed by atoms with Crippen LogP contribution in [0.3, 0.4) is 0 Å². The predicted octanol–water partition coefficient (Wildman–Crippen LogP) is 2.92. The fourth-order valence-corrected chi connectivity index (χ4v) is 3.94. The molecule has 2 N–H and O–H groups in total. The van der Waals surface area contributed by atoms with Gasteiger partial charge in [0.15, 0.2) is 11.5 Å². The van der Waals surface area contributed by atoms with Gasteiger partial charge in [-0.15, -0.1) is 12.4 Å². The summed E-state index contributed by atoms with van der Waals surface area (Å²) in [5.41, 5.74) is 8.60. The molecule has 3 rings (SSSR count). The smallest absolute Gasteiger partial charge is 0.223 e. The Kier molecular flexibility index (Phi) is 6.96. The van der Waals surface area contributed by atoms with E-state index in [-0.39, 0.29) is 24.4 Å². The normalized spacial score (nSPS) is 22.6. The van der Waals surface area contributed by atoms with Gasteiger partial charge in [0.1, 0.15) is 0 Å². The number of benzene rings is 1. The van der Waals surface area contributed by atoms with Crippen LogP contribution in [-0.4, -0.2) is 37.6 Å². The summed E-state index contributed by atoms with van der Waals surface area (Å²) in [4.78, 5) is 14.7. The SMILES string of the molecule is COc1cc2c(cc1OC)CN(C(=O)CC1CCCCC1N)CC2.Cl. The molecule has 2 unspecified atom stereocenters. The van der Waals surface area contributed by atoms with E-state index in [2.05, 4.69) is 0 Å². The Hall–Kier alpha value is -1.46. The highest BCUT2D eigenvalue weighted by Gasteiger charge is 2.28. The molecular weight excluding hydrogens is 340 g/mol. The molecule has 25 heavy (non-hydrogen) atoms. The number of hydrogen-bond donors (Lipinski definition) is 1. The topological polar surface area (TPSA) is 64.8 Å². The molecule has 140 valence electrons. The average molecular weight is 369 g/mol. The molecule has 0 bridgehead atoms. The van der Waals surface area contributed by atoms with Crippen molar-refractivity contribution in [3.05, 3.63) is 23.3 Å². The number of rotatable bonds is 4. The maximum atomic E-state index is 12.7. The molecule has 6 heteroatoms. The van der Waals surface area contributed by atoms with Crippen LogP contribution in [0.15, 0.2) is 12.1 Å². The van der Waals surface area contributed by atoms with Crippen LogP contribution >= 0.6 is 12.4 Å². The van der Waals surface area contributed by atoms with E-state index in [1.807, 2.05) is 17.0 Å². The molecule has 1 saturated carbocycles. The molecule has 1 aromatic carbocycles. The first kappa shape index (κ1) is 19.9. The standard InChI is InChI=1S/C19H28N2O3.ClH/c1-23-17-9-13-7-8-21(12-15(13)10-18(17)24-2)19(22)11-14-5-3-4-6-16(14)20;/h9-10,14,16H,3-8,11-12,20H2,1-2H3;1H. The van der Waals surface area contributed by atoms with Gasteiger partial charge in [-0.05, 0) is 48.4 Å². The van der Waals surface area contributed by atoms with Gasteiger partial charge in [-0.2, -0.15) is 0 Å². The lowest BCUT2D eigenvalue weighted by molar-refractivity contribution is -0.133. The number of carbonyl (C=O) groups is 1. The van der Waals surface area contributed by atoms with Gasteiger partial charge < -0.3 is 20.1 Å². The van der Waals surface area contributed by atoms with E-state index in [1.54, 1.807) is 14.2 Å². The Labute approximate surface area is 156 Å². The first-order valence-corrected chi connectivity index (χ1v) is 8.89. The lowest BCUT2D eigenvalue weighted by Crippen LogP contribution is -2.40. The third kappa shape index (κ3) is 4.39. The maximum absolute atomic E-state index is 12.7. The third-order valence-corrected chi connectivity index (χ3v) is 5.48. The Bertz CT molecular complexity index is 609. The summed E-state index contributed by atoms with van der Waals surface area (Å²) < 4.78 is 10.8. The van der Waals surface area contributed by atoms with Crippen LogP contribution in [0.5, 0.6) is 11.5 Å². The quantitative estimate of drug-likeness (QED) is 0.887. The van der Waals surface area contributed by atoms with Crippen molar-refractivity contribution in [3.63, 3.8) is 0 Å². The fourth-order valence-electron chi connectivity index (χ4n) is 3.94. The highest BCUT2D eigenvalue weighted by molar-refractivity contribution is 5.85. The van der Waals surface area contributed by atoms with Gasteiger partial charge in [0.05, 0.1) is 14.2 Å². The van der Waals surface area contributed by atoms with Crippen LogP contribution in [0.2, 0.25) is 0 Å². The van der Waals surface area contributed by atoms with Crippen LogP contribution in [0.25, 0.3) is 0 Å². The van der Waals surface area contributed by atoms with E-state index >= 15 is 0 Å². The summed E-state index contributed by atoms with van der Waals surface area (Å²) in [6.07, 6.45) is 5.98. The van der Waals surface area contributed by atoms with Crippen molar-refractivity contribution in [3.8, 4) is 11.5 Å². The van der Waals surface area contributed by atoms with E-state index in [9.17, 15) is 4.79 Å². The predicted molar refractivity (Wildman–Crippen MR) is 100 cm³/mol. The van der Waals surface area contributed by atoms with E-state index in [1.165, 1.54) is 18.4 Å². The number of ether oxygens (including phenoxy) is 2. The van der Waals surface area contributed by atoms with Gasteiger partial charge in [0, 0.05) is 25.6 Å². The minimum Gasteiger partial charge on any atom is -0.493 e. The van der Waals surface area contributed by atoms with Gasteiger partial charge in [0.2, 0.25) is 5.91 Å². The largest absolute Gasteiger partial charge is 0.493 e. The van der Waals surface area contributed by atoms with Crippen molar-refractivity contribution >= 4 is 18.3 Å². The molecule has 1 heterocycles. The molecule has 1 aromatic rings. The Balaban J connectivity index is 0.00000225. The Morgan fingerprint density at radius 3 is 2.44 bits per heavy atom. The number of nitrogens with zero attached hydrogens (tertiary/aromatic N) is 1. The lowest BCUT2D eigenvalue weighted by Gasteiger charge is -2.33. The molecule has 1 aliphatic carbocycles. The number of halogens is 1. The highest BCUT2D eigenvalue weighted by Crippen LogP contribution is 2.34. The molecule has 0 saturated heterocycles. The molecule has 2 atom stereocenters. The first-order valence-electron chi connectivity index (χ1n) is 8.89. The summed E-state index contributed by atoms with van der Waals surface area (Å²) in [6, 6.07) is 4.22. The zero-order chi connectivity index (χ0) is 17.1. The molecule has 0 aromatic heterocycles. The van der Waals surface area contributed by atoms with Crippen LogP contribution in [0.1, 0.15) is 43.2 Å². The van der Waals surface area contributed by atoms with Crippen LogP contribution in [-0.2, 0) is 17.8 Å². The molecular formula is C19H29ClN2O3. The summed E-state index contributed by atoms with van der Waals surface area (Å²) in [5.74, 6) is 2.06. The highest BCUT2D eigenvalue weighted by atomic mass is 35.5. The van der Waals surface area contributed by atoms with Crippen LogP contribution in [0, 0.1) is 5.92 Å². The van der Waals surface area contributed by atoms with Crippen molar-refractivity contribution in [1.29, 1.82) is 0 Å². The molecule has 1 aliphatic heterocycles. The van der Waals surface area contributed by atoms with Crippen LogP contribution in [0.4, 0.5) is 0 Å². The van der Waals surface area contributed by atoms with Crippen molar-refractivity contribution in [2.24, 2.45) is 11.7 Å². The number of hydrogen-bond acceptors (Lipinski definition) is 4. The molecule has 1 fully saturated rings. The second-order valence-electron chi connectivity index (χ2n) is 6.95. The van der Waals surface area contributed by atoms with E-state index in [0.717, 1.165) is 42.9 Å². The monoisotopic (exact) mass is 368 g/mol. The van der Waals surface area contributed by atoms with Gasteiger partial charge >= 0.3 is 0 Å². The summed E-state index contributed by atoms with van der Waals surface area (Å²) in [7, 11) is 3.29. The zero-order valence-electron chi connectivity index (χ0n) is 15.1. The molecule has 5 nitrogen and oxygen atoms in total. The van der Waals surface area contributed by atoms with Gasteiger partial charge in [-0.25, -0.2) is 0 Å². The molecule has 1 amide bonds. The minimum atomic E-state index is 0. The maximum Gasteiger partial charge on any atom is 0.223 e. The average Bonchev–Trinajstić information content (AvgIpc) is 2.61. The summed E-state index contributed by atoms with van der Waals surface area (Å²) in [5, 5.41) is 0. The van der Waals surface area contributed by atoms with Gasteiger partial charge in [-0.3, -0.25) is 4.79 Å². The third-order valence-electron chi connectivity index (χ3n) is 5.48. The number of nitrogens with two attached hydrogens (primary N) is 1. The zero-order valence-corrected chi connectivity index (χ0v) is 15.9. The van der Waals surface area contributed by atoms with E-state index in [4.69, 9.17) is 15.2 Å². The van der Waals surface area contributed by atoms with Gasteiger partial charge in [-0.1, -0.05) is 12.8 Å². The number of fused-ring (bicyclic) bond motifs is 1. The molecule has 0 spiro atoms. The van der Waals surface area contributed by atoms with Crippen molar-refractivity contribution in [2.75, 3.05) is 20.8 Å². The second-order valence-corrected chi connectivity index (χ2v) is 6.95. The van der Waals surface area contributed by atoms with E-state index < -0.39 is 0 Å². The molecule has 0 radical (unpaired) electrons. The van der Waals surface area contributed by atoms with Crippen molar-refractivity contribution in [1.82, 2.24) is 4.90 Å². The fraction of sp³-hybridized carbons (Fsp3) is 0.632. The molecule has 2 aliphatic rings. The Morgan fingerprint density at radius 2 is 1.80 bits per heavy atom. The minimum absolute atomic E-state index is 0. The Morgan fingerprint density at radius 1 is 1.16 bits per heavy atom. The number of amides is 1. The van der Waals surface area contributed by atoms with Crippen molar-refractivity contribution < 1.29 is 14.3 Å². The van der Waals surface area contributed by atoms with Crippen LogP contribution < -0.4 is 15.2 Å². The van der Waals surface area contributed by atoms with Gasteiger partial charge in [0.25, 0.3) is 0 Å². The summed E-state index contributed by atoms with van der Waals surface area (Å²) >= 11 is 0. The van der Waals surface area contributed by atoms with E-state index in [0.29, 0.717) is 18.9 Å². The first-order chi connectivity index (χ1) is 11.6. The lowest BCUT2D eigenvalue weighted by atomic mass is 9.82. The number of methoxy groups -OCH3 is 2. The number of carbonyl (C=O) groups excluding carboxylic acids is 1. The summed E-state index contributed by atoms with van der Waals surface area (Å²) in [6.45, 7) is 1.42. The van der Waals surface area contributed by atoms with Crippen molar-refractivity contribution in [2.45, 2.75) is 51.1 Å².